The predicted molar refractivity (Wildman–Crippen MR) is 87.8 cm³/mol. The third kappa shape index (κ3) is 3.48. The van der Waals surface area contributed by atoms with Crippen molar-refractivity contribution in [3.8, 4) is 6.01 Å². The quantitative estimate of drug-likeness (QED) is 0.582. The lowest BCUT2D eigenvalue weighted by molar-refractivity contribution is -0.147. The number of nitrogens with one attached hydrogen (secondary N) is 2. The smallest absolute Gasteiger partial charge is 0.327 e. The van der Waals surface area contributed by atoms with E-state index in [0.717, 1.165) is 0 Å². The van der Waals surface area contributed by atoms with Gasteiger partial charge in [0, 0.05) is 13.1 Å². The Hall–Kier alpha value is -2.62. The summed E-state index contributed by atoms with van der Waals surface area (Å²) in [7, 11) is 1.32. The summed E-state index contributed by atoms with van der Waals surface area (Å²) in [4.78, 5) is 34.6. The summed E-state index contributed by atoms with van der Waals surface area (Å²) in [6.45, 7) is 6.21. The normalized spacial score (nSPS) is 11.7. The van der Waals surface area contributed by atoms with E-state index in [-0.39, 0.29) is 30.0 Å². The molecule has 10 nitrogen and oxygen atoms in total. The zero-order valence-electron chi connectivity index (χ0n) is 14.2. The Labute approximate surface area is 138 Å². The molecule has 2 rings (SSSR count). The Balaban J connectivity index is 2.24. The fraction of sp³-hybridized carbons (Fsp3) is 0.571. The highest BCUT2D eigenvalue weighted by Crippen LogP contribution is 2.17. The molecule has 2 aromatic rings. The van der Waals surface area contributed by atoms with E-state index < -0.39 is 5.54 Å². The van der Waals surface area contributed by atoms with Crippen molar-refractivity contribution in [2.75, 3.05) is 26.0 Å². The Kier molecular flexibility index (Phi) is 5.07. The number of nitrogens with two attached hydrogens (primary N) is 1. The SMILES string of the molecule is CCOc1nc(N)c2[nH]c(=O)n(CCNC(C)(C)C(=O)OC)c2n1. The van der Waals surface area contributed by atoms with E-state index in [1.807, 2.05) is 0 Å². The van der Waals surface area contributed by atoms with Crippen LogP contribution in [0.3, 0.4) is 0 Å². The summed E-state index contributed by atoms with van der Waals surface area (Å²) in [6, 6.07) is 0.109. The number of aromatic nitrogens is 4. The molecule has 0 saturated heterocycles. The molecule has 2 heterocycles. The van der Waals surface area contributed by atoms with Gasteiger partial charge in [0.25, 0.3) is 0 Å². The van der Waals surface area contributed by atoms with Crippen LogP contribution in [0, 0.1) is 0 Å². The molecule has 0 unspecified atom stereocenters. The summed E-state index contributed by atoms with van der Waals surface area (Å²) < 4.78 is 11.4. The Morgan fingerprint density at radius 3 is 2.75 bits per heavy atom. The number of fused-ring (bicyclic) bond motifs is 1. The molecule has 0 atom stereocenters. The zero-order valence-corrected chi connectivity index (χ0v) is 14.2. The highest BCUT2D eigenvalue weighted by molar-refractivity contribution is 5.82. The van der Waals surface area contributed by atoms with Gasteiger partial charge in [-0.15, -0.1) is 0 Å². The second-order valence-electron chi connectivity index (χ2n) is 5.65. The molecule has 0 radical (unpaired) electrons. The highest BCUT2D eigenvalue weighted by Gasteiger charge is 2.27. The molecule has 132 valence electrons. The summed E-state index contributed by atoms with van der Waals surface area (Å²) in [5.41, 5.74) is 5.32. The van der Waals surface area contributed by atoms with Gasteiger partial charge < -0.3 is 25.5 Å². The number of esters is 1. The molecule has 0 saturated carbocycles. The number of hydrogen-bond donors (Lipinski definition) is 3. The minimum Gasteiger partial charge on any atom is -0.468 e. The minimum absolute atomic E-state index is 0.109. The molecule has 0 aliphatic rings. The molecule has 0 spiro atoms. The molecular formula is C14H22N6O4. The first-order chi connectivity index (χ1) is 11.3. The van der Waals surface area contributed by atoms with Gasteiger partial charge in [-0.1, -0.05) is 0 Å². The van der Waals surface area contributed by atoms with Crippen LogP contribution in [0.2, 0.25) is 0 Å². The van der Waals surface area contributed by atoms with Crippen LogP contribution in [0.1, 0.15) is 20.8 Å². The lowest BCUT2D eigenvalue weighted by Gasteiger charge is -2.23. The maximum absolute atomic E-state index is 12.1. The van der Waals surface area contributed by atoms with Crippen LogP contribution in [0.25, 0.3) is 11.2 Å². The highest BCUT2D eigenvalue weighted by atomic mass is 16.5. The first-order valence-electron chi connectivity index (χ1n) is 7.52. The lowest BCUT2D eigenvalue weighted by atomic mass is 10.1. The van der Waals surface area contributed by atoms with Crippen LogP contribution < -0.4 is 21.5 Å². The van der Waals surface area contributed by atoms with E-state index in [1.54, 1.807) is 20.8 Å². The van der Waals surface area contributed by atoms with Gasteiger partial charge in [0.15, 0.2) is 11.5 Å². The Morgan fingerprint density at radius 2 is 2.12 bits per heavy atom. The number of methoxy groups -OCH3 is 1. The summed E-state index contributed by atoms with van der Waals surface area (Å²) in [6.07, 6.45) is 0. The number of carbonyl (C=O) groups excluding carboxylic acids is 1. The standard InChI is InChI=1S/C14H22N6O4/c1-5-24-12-18-9(15)8-10(19-12)20(13(22)17-8)7-6-16-14(2,3)11(21)23-4/h16H,5-7H2,1-4H3,(H,17,22)(H2,15,18,19). The van der Waals surface area contributed by atoms with Crippen LogP contribution in [0.15, 0.2) is 4.79 Å². The van der Waals surface area contributed by atoms with Gasteiger partial charge in [0.1, 0.15) is 11.1 Å². The number of aromatic amines is 1. The fourth-order valence-electron chi connectivity index (χ4n) is 2.24. The van der Waals surface area contributed by atoms with Crippen molar-refractivity contribution in [3.63, 3.8) is 0 Å². The monoisotopic (exact) mass is 338 g/mol. The number of anilines is 1. The minimum atomic E-state index is -0.866. The molecule has 0 amide bonds. The van der Waals surface area contributed by atoms with Crippen LogP contribution in [0.5, 0.6) is 6.01 Å². The number of carbonyl (C=O) groups is 1. The largest absolute Gasteiger partial charge is 0.468 e. The Morgan fingerprint density at radius 1 is 1.42 bits per heavy atom. The average molecular weight is 338 g/mol. The van der Waals surface area contributed by atoms with E-state index in [2.05, 4.69) is 20.3 Å². The number of hydrogen-bond acceptors (Lipinski definition) is 8. The average Bonchev–Trinajstić information content (AvgIpc) is 2.84. The van der Waals surface area contributed by atoms with Crippen LogP contribution in [0.4, 0.5) is 5.82 Å². The second kappa shape index (κ2) is 6.87. The van der Waals surface area contributed by atoms with E-state index in [9.17, 15) is 9.59 Å². The third-order valence-electron chi connectivity index (χ3n) is 3.50. The van der Waals surface area contributed by atoms with Crippen LogP contribution >= 0.6 is 0 Å². The van der Waals surface area contributed by atoms with Gasteiger partial charge in [0.2, 0.25) is 0 Å². The topological polar surface area (TPSA) is 137 Å². The fourth-order valence-corrected chi connectivity index (χ4v) is 2.24. The molecular weight excluding hydrogens is 316 g/mol. The summed E-state index contributed by atoms with van der Waals surface area (Å²) >= 11 is 0. The number of nitrogen functional groups attached to an aromatic ring is 1. The molecule has 0 bridgehead atoms. The number of nitrogens with zero attached hydrogens (tertiary/aromatic N) is 3. The molecule has 0 aliphatic heterocycles. The van der Waals surface area contributed by atoms with E-state index >= 15 is 0 Å². The number of ether oxygens (including phenoxy) is 2. The van der Waals surface area contributed by atoms with Gasteiger partial charge >= 0.3 is 17.7 Å². The maximum atomic E-state index is 12.1. The predicted octanol–water partition coefficient (Wildman–Crippen LogP) is -0.358. The van der Waals surface area contributed by atoms with Crippen LogP contribution in [-0.4, -0.2) is 51.3 Å². The number of H-pyrrole nitrogens is 1. The van der Waals surface area contributed by atoms with Gasteiger partial charge in [-0.25, -0.2) is 4.79 Å². The Bertz CT molecular complexity index is 794. The van der Waals surface area contributed by atoms with Crippen molar-refractivity contribution in [3.05, 3.63) is 10.5 Å². The van der Waals surface area contributed by atoms with Crippen molar-refractivity contribution in [2.45, 2.75) is 32.9 Å². The molecule has 0 fully saturated rings. The maximum Gasteiger partial charge on any atom is 0.327 e. The molecule has 24 heavy (non-hydrogen) atoms. The second-order valence-corrected chi connectivity index (χ2v) is 5.65. The van der Waals surface area contributed by atoms with E-state index in [0.29, 0.717) is 24.3 Å². The molecule has 0 aromatic carbocycles. The van der Waals surface area contributed by atoms with Gasteiger partial charge in [-0.3, -0.25) is 9.36 Å². The third-order valence-corrected chi connectivity index (χ3v) is 3.50. The van der Waals surface area contributed by atoms with Crippen molar-refractivity contribution < 1.29 is 14.3 Å². The van der Waals surface area contributed by atoms with Crippen molar-refractivity contribution >= 4 is 23.0 Å². The first-order valence-corrected chi connectivity index (χ1v) is 7.52. The van der Waals surface area contributed by atoms with Gasteiger partial charge in [0.05, 0.1) is 13.7 Å². The zero-order chi connectivity index (χ0) is 17.9. The van der Waals surface area contributed by atoms with Crippen molar-refractivity contribution in [1.82, 2.24) is 24.8 Å². The molecule has 10 heteroatoms. The van der Waals surface area contributed by atoms with E-state index in [4.69, 9.17) is 15.2 Å². The summed E-state index contributed by atoms with van der Waals surface area (Å²) in [5, 5.41) is 3.04. The van der Waals surface area contributed by atoms with Gasteiger partial charge in [-0.05, 0) is 20.8 Å². The van der Waals surface area contributed by atoms with Crippen LogP contribution in [-0.2, 0) is 16.1 Å². The van der Waals surface area contributed by atoms with Crippen molar-refractivity contribution in [2.24, 2.45) is 0 Å². The van der Waals surface area contributed by atoms with Crippen molar-refractivity contribution in [1.29, 1.82) is 0 Å². The van der Waals surface area contributed by atoms with E-state index in [1.165, 1.54) is 11.7 Å². The number of rotatable bonds is 7. The summed E-state index contributed by atoms with van der Waals surface area (Å²) in [5.74, 6) is -0.249. The molecule has 2 aromatic heterocycles. The van der Waals surface area contributed by atoms with Gasteiger partial charge in [-0.2, -0.15) is 9.97 Å². The molecule has 0 aliphatic carbocycles. The number of imidazole rings is 1. The lowest BCUT2D eigenvalue weighted by Crippen LogP contribution is -2.48. The molecule has 4 N–H and O–H groups in total. The first kappa shape index (κ1) is 17.7.